The molecule has 2 aromatic rings. The quantitative estimate of drug-likeness (QED) is 0.758. The lowest BCUT2D eigenvalue weighted by Gasteiger charge is -2.03. The lowest BCUT2D eigenvalue weighted by molar-refractivity contribution is -0.116. The zero-order valence-electron chi connectivity index (χ0n) is 9.31. The molecule has 0 saturated heterocycles. The summed E-state index contributed by atoms with van der Waals surface area (Å²) in [6.45, 7) is 1.62. The SMILES string of the molecule is CC(=O)Cc1ccc(-c2ccccc2)cc1. The van der Waals surface area contributed by atoms with Gasteiger partial charge in [-0.3, -0.25) is 4.79 Å². The minimum absolute atomic E-state index is 0.201. The molecule has 1 heteroatoms. The lowest BCUT2D eigenvalue weighted by Crippen LogP contribution is -1.95. The molecular weight excluding hydrogens is 196 g/mol. The first-order chi connectivity index (χ1) is 7.75. The van der Waals surface area contributed by atoms with Crippen molar-refractivity contribution in [3.05, 3.63) is 60.2 Å². The van der Waals surface area contributed by atoms with Gasteiger partial charge in [-0.25, -0.2) is 0 Å². The van der Waals surface area contributed by atoms with E-state index in [1.165, 1.54) is 11.1 Å². The van der Waals surface area contributed by atoms with Crippen molar-refractivity contribution < 1.29 is 4.79 Å². The van der Waals surface area contributed by atoms with Crippen molar-refractivity contribution in [2.75, 3.05) is 0 Å². The summed E-state index contributed by atoms with van der Waals surface area (Å²) in [6.07, 6.45) is 0.523. The fraction of sp³-hybridized carbons (Fsp3) is 0.133. The molecule has 0 aliphatic heterocycles. The number of rotatable bonds is 3. The average Bonchev–Trinajstić information content (AvgIpc) is 2.30. The van der Waals surface area contributed by atoms with Crippen LogP contribution in [0.1, 0.15) is 12.5 Å². The molecule has 80 valence electrons. The molecule has 0 atom stereocenters. The number of hydrogen-bond acceptors (Lipinski definition) is 1. The maximum absolute atomic E-state index is 11.0. The molecule has 0 spiro atoms. The van der Waals surface area contributed by atoms with Crippen LogP contribution in [0.3, 0.4) is 0 Å². The molecule has 0 saturated carbocycles. The molecule has 1 nitrogen and oxygen atoms in total. The van der Waals surface area contributed by atoms with Crippen LogP contribution in [0.25, 0.3) is 11.1 Å². The third-order valence-electron chi connectivity index (χ3n) is 2.51. The third-order valence-corrected chi connectivity index (χ3v) is 2.51. The summed E-state index contributed by atoms with van der Waals surface area (Å²) >= 11 is 0. The van der Waals surface area contributed by atoms with Crippen LogP contribution < -0.4 is 0 Å². The molecule has 0 N–H and O–H groups in total. The first-order valence-electron chi connectivity index (χ1n) is 5.39. The third kappa shape index (κ3) is 2.57. The number of hydrogen-bond donors (Lipinski definition) is 0. The molecule has 2 rings (SSSR count). The van der Waals surface area contributed by atoms with Crippen molar-refractivity contribution in [2.45, 2.75) is 13.3 Å². The van der Waals surface area contributed by atoms with Crippen molar-refractivity contribution in [2.24, 2.45) is 0 Å². The minimum Gasteiger partial charge on any atom is -0.300 e. The highest BCUT2D eigenvalue weighted by molar-refractivity contribution is 5.78. The Morgan fingerprint density at radius 1 is 0.875 bits per heavy atom. The van der Waals surface area contributed by atoms with Crippen molar-refractivity contribution in [3.8, 4) is 11.1 Å². The van der Waals surface area contributed by atoms with E-state index < -0.39 is 0 Å². The number of benzene rings is 2. The van der Waals surface area contributed by atoms with Crippen molar-refractivity contribution in [1.29, 1.82) is 0 Å². The maximum atomic E-state index is 11.0. The van der Waals surface area contributed by atoms with E-state index in [2.05, 4.69) is 24.3 Å². The second kappa shape index (κ2) is 4.75. The minimum atomic E-state index is 0.201. The van der Waals surface area contributed by atoms with Gasteiger partial charge in [-0.1, -0.05) is 54.6 Å². The van der Waals surface area contributed by atoms with Gasteiger partial charge in [0.25, 0.3) is 0 Å². The maximum Gasteiger partial charge on any atom is 0.134 e. The first kappa shape index (κ1) is 10.6. The van der Waals surface area contributed by atoms with Gasteiger partial charge in [0.2, 0.25) is 0 Å². The van der Waals surface area contributed by atoms with Gasteiger partial charge >= 0.3 is 0 Å². The van der Waals surface area contributed by atoms with E-state index >= 15 is 0 Å². The van der Waals surface area contributed by atoms with Crippen molar-refractivity contribution in [3.63, 3.8) is 0 Å². The Kier molecular flexibility index (Phi) is 3.16. The Morgan fingerprint density at radius 2 is 1.44 bits per heavy atom. The summed E-state index contributed by atoms with van der Waals surface area (Å²) in [6, 6.07) is 18.4. The Hall–Kier alpha value is -1.89. The van der Waals surface area contributed by atoms with E-state index in [1.807, 2.05) is 30.3 Å². The number of ketones is 1. The highest BCUT2D eigenvalue weighted by atomic mass is 16.1. The van der Waals surface area contributed by atoms with Gasteiger partial charge in [-0.2, -0.15) is 0 Å². The molecule has 0 aromatic heterocycles. The second-order valence-electron chi connectivity index (χ2n) is 3.94. The number of carbonyl (C=O) groups excluding carboxylic acids is 1. The standard InChI is InChI=1S/C15H14O/c1-12(16)11-13-7-9-15(10-8-13)14-5-3-2-4-6-14/h2-10H,11H2,1H3. The van der Waals surface area contributed by atoms with Crippen LogP contribution in [-0.2, 0) is 11.2 Å². The topological polar surface area (TPSA) is 17.1 Å². The summed E-state index contributed by atoms with van der Waals surface area (Å²) in [4.78, 5) is 11.0. The summed E-state index contributed by atoms with van der Waals surface area (Å²) in [5.41, 5.74) is 3.47. The van der Waals surface area contributed by atoms with Crippen LogP contribution in [0.4, 0.5) is 0 Å². The highest BCUT2D eigenvalue weighted by Crippen LogP contribution is 2.19. The normalized spacial score (nSPS) is 10.1. The van der Waals surface area contributed by atoms with Gasteiger partial charge in [0.05, 0.1) is 0 Å². The molecular formula is C15H14O. The average molecular weight is 210 g/mol. The smallest absolute Gasteiger partial charge is 0.134 e. The Bertz CT molecular complexity index is 469. The van der Waals surface area contributed by atoms with Crippen LogP contribution in [0.2, 0.25) is 0 Å². The molecule has 0 aliphatic carbocycles. The van der Waals surface area contributed by atoms with Crippen molar-refractivity contribution >= 4 is 5.78 Å². The molecule has 0 heterocycles. The van der Waals surface area contributed by atoms with Gasteiger partial charge in [-0.05, 0) is 23.6 Å². The fourth-order valence-electron chi connectivity index (χ4n) is 1.73. The zero-order chi connectivity index (χ0) is 11.4. The first-order valence-corrected chi connectivity index (χ1v) is 5.39. The van der Waals surface area contributed by atoms with Crippen LogP contribution in [0.15, 0.2) is 54.6 Å². The van der Waals surface area contributed by atoms with Gasteiger partial charge in [0.15, 0.2) is 0 Å². The lowest BCUT2D eigenvalue weighted by atomic mass is 10.0. The van der Waals surface area contributed by atoms with Crippen LogP contribution in [0, 0.1) is 0 Å². The van der Waals surface area contributed by atoms with E-state index in [9.17, 15) is 4.79 Å². The molecule has 2 aromatic carbocycles. The summed E-state index contributed by atoms with van der Waals surface area (Å²) in [5, 5.41) is 0. The predicted molar refractivity (Wildman–Crippen MR) is 66.3 cm³/mol. The van der Waals surface area contributed by atoms with Crippen LogP contribution in [-0.4, -0.2) is 5.78 Å². The van der Waals surface area contributed by atoms with E-state index in [1.54, 1.807) is 6.92 Å². The van der Waals surface area contributed by atoms with E-state index in [-0.39, 0.29) is 5.78 Å². The van der Waals surface area contributed by atoms with Gasteiger partial charge in [-0.15, -0.1) is 0 Å². The summed E-state index contributed by atoms with van der Waals surface area (Å²) < 4.78 is 0. The Morgan fingerprint density at radius 3 is 2.00 bits per heavy atom. The highest BCUT2D eigenvalue weighted by Gasteiger charge is 1.99. The fourth-order valence-corrected chi connectivity index (χ4v) is 1.73. The summed E-state index contributed by atoms with van der Waals surface area (Å²) in [7, 11) is 0. The Labute approximate surface area is 95.7 Å². The van der Waals surface area contributed by atoms with E-state index in [4.69, 9.17) is 0 Å². The number of carbonyl (C=O) groups is 1. The van der Waals surface area contributed by atoms with Gasteiger partial charge in [0, 0.05) is 6.42 Å². The molecule has 0 amide bonds. The largest absolute Gasteiger partial charge is 0.300 e. The zero-order valence-corrected chi connectivity index (χ0v) is 9.31. The van der Waals surface area contributed by atoms with E-state index in [0.29, 0.717) is 6.42 Å². The predicted octanol–water partition coefficient (Wildman–Crippen LogP) is 3.49. The van der Waals surface area contributed by atoms with Crippen LogP contribution >= 0.6 is 0 Å². The Balaban J connectivity index is 2.23. The van der Waals surface area contributed by atoms with Crippen LogP contribution in [0.5, 0.6) is 0 Å². The monoisotopic (exact) mass is 210 g/mol. The molecule has 0 aliphatic rings. The summed E-state index contributed by atoms with van der Waals surface area (Å²) in [5.74, 6) is 0.201. The molecule has 0 fully saturated rings. The molecule has 0 unspecified atom stereocenters. The van der Waals surface area contributed by atoms with Gasteiger partial charge < -0.3 is 0 Å². The number of Topliss-reactive ketones (excluding diaryl/α,β-unsaturated/α-hetero) is 1. The van der Waals surface area contributed by atoms with Crippen molar-refractivity contribution in [1.82, 2.24) is 0 Å². The van der Waals surface area contributed by atoms with E-state index in [0.717, 1.165) is 5.56 Å². The van der Waals surface area contributed by atoms with Gasteiger partial charge in [0.1, 0.15) is 5.78 Å². The second-order valence-corrected chi connectivity index (χ2v) is 3.94. The molecule has 0 radical (unpaired) electrons. The molecule has 0 bridgehead atoms. The molecule has 16 heavy (non-hydrogen) atoms.